The van der Waals surface area contributed by atoms with Crippen molar-refractivity contribution in [2.24, 2.45) is 0 Å². The highest BCUT2D eigenvalue weighted by molar-refractivity contribution is 5.85. The van der Waals surface area contributed by atoms with Gasteiger partial charge in [-0.15, -0.1) is 0 Å². The van der Waals surface area contributed by atoms with Gasteiger partial charge in [0.05, 0.1) is 31.3 Å². The van der Waals surface area contributed by atoms with Crippen LogP contribution in [0.3, 0.4) is 0 Å². The molecule has 0 amide bonds. The molecule has 0 aliphatic carbocycles. The molecule has 1 aliphatic rings. The molecule has 4 rings (SSSR count). The van der Waals surface area contributed by atoms with Crippen LogP contribution in [0.1, 0.15) is 18.1 Å². The molecule has 1 aliphatic heterocycles. The van der Waals surface area contributed by atoms with Crippen molar-refractivity contribution in [3.8, 4) is 17.1 Å². The molecule has 28 heavy (non-hydrogen) atoms. The summed E-state index contributed by atoms with van der Waals surface area (Å²) < 4.78 is 17.5. The predicted molar refractivity (Wildman–Crippen MR) is 110 cm³/mol. The molecule has 2 heterocycles. The van der Waals surface area contributed by atoms with Crippen LogP contribution in [0.25, 0.3) is 22.3 Å². The molecule has 2 aromatic carbocycles. The Morgan fingerprint density at radius 3 is 2.46 bits per heavy atom. The lowest BCUT2D eigenvalue weighted by Crippen LogP contribution is -2.35. The van der Waals surface area contributed by atoms with Crippen molar-refractivity contribution in [3.63, 3.8) is 0 Å². The zero-order chi connectivity index (χ0) is 19.5. The Hall–Kier alpha value is -2.63. The van der Waals surface area contributed by atoms with Crippen LogP contribution in [-0.2, 0) is 17.7 Å². The van der Waals surface area contributed by atoms with Gasteiger partial charge >= 0.3 is 0 Å². The number of rotatable bonds is 5. The van der Waals surface area contributed by atoms with Crippen molar-refractivity contribution < 1.29 is 13.9 Å². The number of morpholine rings is 1. The number of fused-ring (bicyclic) bond motifs is 1. The van der Waals surface area contributed by atoms with Gasteiger partial charge in [0.15, 0.2) is 5.43 Å². The second-order valence-corrected chi connectivity index (χ2v) is 6.97. The van der Waals surface area contributed by atoms with E-state index in [1.807, 2.05) is 49.4 Å². The van der Waals surface area contributed by atoms with Gasteiger partial charge in [-0.25, -0.2) is 0 Å². The fraction of sp³-hybridized carbons (Fsp3) is 0.348. The maximum Gasteiger partial charge on any atom is 0.196 e. The Balaban J connectivity index is 1.94. The van der Waals surface area contributed by atoms with Crippen LogP contribution >= 0.6 is 0 Å². The van der Waals surface area contributed by atoms with Crippen LogP contribution in [0.15, 0.2) is 51.7 Å². The lowest BCUT2D eigenvalue weighted by Gasteiger charge is -2.27. The Morgan fingerprint density at radius 1 is 1.04 bits per heavy atom. The van der Waals surface area contributed by atoms with Gasteiger partial charge in [0.1, 0.15) is 17.1 Å². The van der Waals surface area contributed by atoms with E-state index in [4.69, 9.17) is 13.9 Å². The van der Waals surface area contributed by atoms with Crippen LogP contribution in [0.4, 0.5) is 0 Å². The second-order valence-electron chi connectivity index (χ2n) is 6.97. The molecule has 146 valence electrons. The molecule has 0 radical (unpaired) electrons. The Bertz CT molecular complexity index is 1020. The topological polar surface area (TPSA) is 51.9 Å². The average Bonchev–Trinajstić information content (AvgIpc) is 2.75. The first kappa shape index (κ1) is 18.7. The lowest BCUT2D eigenvalue weighted by atomic mass is 10.0. The molecule has 1 fully saturated rings. The minimum absolute atomic E-state index is 0.0356. The predicted octanol–water partition coefficient (Wildman–Crippen LogP) is 3.86. The SMILES string of the molecule is CCc1c(-c2ccccc2)oc2c(CN3CCOCC3)c(OC)ccc2c1=O. The van der Waals surface area contributed by atoms with E-state index in [-0.39, 0.29) is 5.43 Å². The molecule has 0 N–H and O–H groups in total. The van der Waals surface area contributed by atoms with Crippen molar-refractivity contribution >= 4 is 11.0 Å². The van der Waals surface area contributed by atoms with Gasteiger partial charge in [0, 0.05) is 30.8 Å². The Morgan fingerprint density at radius 2 is 1.79 bits per heavy atom. The monoisotopic (exact) mass is 379 g/mol. The van der Waals surface area contributed by atoms with Crippen molar-refractivity contribution in [1.82, 2.24) is 4.90 Å². The standard InChI is InChI=1S/C23H25NO4/c1-3-17-21(25)18-9-10-20(26-2)19(15-24-11-13-27-14-12-24)23(18)28-22(17)16-7-5-4-6-8-16/h4-10H,3,11-15H2,1-2H3. The molecular weight excluding hydrogens is 354 g/mol. The van der Waals surface area contributed by atoms with Gasteiger partial charge < -0.3 is 13.9 Å². The number of methoxy groups -OCH3 is 1. The van der Waals surface area contributed by atoms with Gasteiger partial charge in [-0.2, -0.15) is 0 Å². The molecule has 1 saturated heterocycles. The van der Waals surface area contributed by atoms with Crippen molar-refractivity contribution in [3.05, 3.63) is 63.8 Å². The molecule has 0 bridgehead atoms. The summed E-state index contributed by atoms with van der Waals surface area (Å²) in [5.74, 6) is 1.39. The van der Waals surface area contributed by atoms with E-state index in [1.165, 1.54) is 0 Å². The van der Waals surface area contributed by atoms with Crippen molar-refractivity contribution in [2.45, 2.75) is 19.9 Å². The fourth-order valence-corrected chi connectivity index (χ4v) is 3.80. The highest BCUT2D eigenvalue weighted by atomic mass is 16.5. The number of hydrogen-bond acceptors (Lipinski definition) is 5. The largest absolute Gasteiger partial charge is 0.496 e. The van der Waals surface area contributed by atoms with Crippen molar-refractivity contribution in [2.75, 3.05) is 33.4 Å². The highest BCUT2D eigenvalue weighted by Crippen LogP contribution is 2.33. The third-order valence-corrected chi connectivity index (χ3v) is 5.31. The zero-order valence-corrected chi connectivity index (χ0v) is 16.4. The summed E-state index contributed by atoms with van der Waals surface area (Å²) in [6, 6.07) is 13.5. The molecule has 5 nitrogen and oxygen atoms in total. The number of benzene rings is 2. The van der Waals surface area contributed by atoms with Crippen LogP contribution in [0.2, 0.25) is 0 Å². The summed E-state index contributed by atoms with van der Waals surface area (Å²) in [5.41, 5.74) is 3.19. The van der Waals surface area contributed by atoms with E-state index in [1.54, 1.807) is 7.11 Å². The first-order valence-electron chi connectivity index (χ1n) is 9.74. The van der Waals surface area contributed by atoms with Crippen LogP contribution in [0.5, 0.6) is 5.75 Å². The quantitative estimate of drug-likeness (QED) is 0.674. The van der Waals surface area contributed by atoms with E-state index in [2.05, 4.69) is 4.90 Å². The van der Waals surface area contributed by atoms with Gasteiger partial charge in [-0.05, 0) is 18.6 Å². The molecule has 0 unspecified atom stereocenters. The van der Waals surface area contributed by atoms with Crippen molar-refractivity contribution in [1.29, 1.82) is 0 Å². The average molecular weight is 379 g/mol. The second kappa shape index (κ2) is 8.17. The summed E-state index contributed by atoms with van der Waals surface area (Å²) in [6.45, 7) is 5.78. The van der Waals surface area contributed by atoms with Crippen LogP contribution in [0, 0.1) is 0 Å². The molecule has 0 saturated carbocycles. The molecule has 1 aromatic heterocycles. The summed E-state index contributed by atoms with van der Waals surface area (Å²) in [5, 5.41) is 0.612. The van der Waals surface area contributed by atoms with Gasteiger partial charge in [-0.1, -0.05) is 37.3 Å². The van der Waals surface area contributed by atoms with E-state index >= 15 is 0 Å². The summed E-state index contributed by atoms with van der Waals surface area (Å²) in [6.07, 6.45) is 0.618. The maximum atomic E-state index is 13.3. The van der Waals surface area contributed by atoms with Gasteiger partial charge in [0.25, 0.3) is 0 Å². The van der Waals surface area contributed by atoms with Gasteiger partial charge in [0.2, 0.25) is 0 Å². The molecule has 0 atom stereocenters. The smallest absolute Gasteiger partial charge is 0.196 e. The lowest BCUT2D eigenvalue weighted by molar-refractivity contribution is 0.0339. The van der Waals surface area contributed by atoms with Crippen LogP contribution in [-0.4, -0.2) is 38.3 Å². The Kier molecular flexibility index (Phi) is 5.46. The summed E-state index contributed by atoms with van der Waals surface area (Å²) >= 11 is 0. The highest BCUT2D eigenvalue weighted by Gasteiger charge is 2.21. The van der Waals surface area contributed by atoms with Crippen LogP contribution < -0.4 is 10.2 Å². The van der Waals surface area contributed by atoms with E-state index in [0.717, 1.165) is 30.0 Å². The van der Waals surface area contributed by atoms with E-state index in [9.17, 15) is 4.79 Å². The summed E-state index contributed by atoms with van der Waals surface area (Å²) in [4.78, 5) is 15.6. The zero-order valence-electron chi connectivity index (χ0n) is 16.4. The first-order chi connectivity index (χ1) is 13.7. The number of nitrogens with zero attached hydrogens (tertiary/aromatic N) is 1. The first-order valence-corrected chi connectivity index (χ1v) is 9.74. The normalized spacial score (nSPS) is 15.1. The Labute approximate surface area is 164 Å². The third-order valence-electron chi connectivity index (χ3n) is 5.31. The minimum atomic E-state index is 0.0356. The van der Waals surface area contributed by atoms with E-state index in [0.29, 0.717) is 48.5 Å². The number of hydrogen-bond donors (Lipinski definition) is 0. The molecule has 5 heteroatoms. The maximum absolute atomic E-state index is 13.3. The molecule has 0 spiro atoms. The fourth-order valence-electron chi connectivity index (χ4n) is 3.80. The van der Waals surface area contributed by atoms with E-state index < -0.39 is 0 Å². The summed E-state index contributed by atoms with van der Waals surface area (Å²) in [7, 11) is 1.65. The number of ether oxygens (including phenoxy) is 2. The molecule has 3 aromatic rings. The third kappa shape index (κ3) is 3.43. The molecular formula is C23H25NO4. The minimum Gasteiger partial charge on any atom is -0.496 e. The van der Waals surface area contributed by atoms with Gasteiger partial charge in [-0.3, -0.25) is 9.69 Å².